The standard InChI is InChI=1S/C15H25N3O2S/c1-10-4-6-14(11(2)8-10)18-15-7-5-12(9-13(15)16)21(19,20)17-3/h5,7,9-11,14,17-18H,4,6,8,16H2,1-3H3. The molecule has 1 fully saturated rings. The van der Waals surface area contributed by atoms with E-state index in [1.165, 1.54) is 26.0 Å². The predicted octanol–water partition coefficient (Wildman–Crippen LogP) is 2.41. The number of nitrogen functional groups attached to an aromatic ring is 1. The Kier molecular flexibility index (Phi) is 4.78. The van der Waals surface area contributed by atoms with E-state index in [9.17, 15) is 8.42 Å². The second kappa shape index (κ2) is 6.23. The van der Waals surface area contributed by atoms with Crippen LogP contribution in [0.15, 0.2) is 23.1 Å². The van der Waals surface area contributed by atoms with Gasteiger partial charge in [0, 0.05) is 6.04 Å². The molecule has 3 atom stereocenters. The number of hydrogen-bond acceptors (Lipinski definition) is 4. The molecule has 0 aromatic heterocycles. The minimum Gasteiger partial charge on any atom is -0.397 e. The summed E-state index contributed by atoms with van der Waals surface area (Å²) in [6, 6.07) is 5.24. The summed E-state index contributed by atoms with van der Waals surface area (Å²) in [7, 11) is -2.05. The number of rotatable bonds is 4. The molecule has 6 heteroatoms. The molecule has 0 aliphatic heterocycles. The molecular formula is C15H25N3O2S. The normalized spacial score (nSPS) is 26.5. The van der Waals surface area contributed by atoms with Gasteiger partial charge in [0.1, 0.15) is 0 Å². The second-order valence-corrected chi connectivity index (χ2v) is 7.99. The van der Waals surface area contributed by atoms with Gasteiger partial charge < -0.3 is 11.1 Å². The van der Waals surface area contributed by atoms with Crippen molar-refractivity contribution in [3.05, 3.63) is 18.2 Å². The number of benzene rings is 1. The minimum atomic E-state index is -3.45. The highest BCUT2D eigenvalue weighted by Crippen LogP contribution is 2.32. The van der Waals surface area contributed by atoms with Crippen molar-refractivity contribution < 1.29 is 8.42 Å². The first kappa shape index (κ1) is 16.1. The van der Waals surface area contributed by atoms with Crippen LogP contribution in [0.25, 0.3) is 0 Å². The van der Waals surface area contributed by atoms with Crippen LogP contribution in [-0.2, 0) is 10.0 Å². The molecule has 0 heterocycles. The van der Waals surface area contributed by atoms with Crippen LogP contribution in [0.3, 0.4) is 0 Å². The van der Waals surface area contributed by atoms with Gasteiger partial charge in [0.15, 0.2) is 0 Å². The molecule has 118 valence electrons. The van der Waals surface area contributed by atoms with Crippen LogP contribution in [0.1, 0.15) is 33.1 Å². The Morgan fingerprint density at radius 2 is 1.95 bits per heavy atom. The molecular weight excluding hydrogens is 286 g/mol. The fraction of sp³-hybridized carbons (Fsp3) is 0.600. The topological polar surface area (TPSA) is 84.2 Å². The maximum Gasteiger partial charge on any atom is 0.240 e. The van der Waals surface area contributed by atoms with Crippen LogP contribution in [0, 0.1) is 11.8 Å². The Morgan fingerprint density at radius 1 is 1.24 bits per heavy atom. The molecule has 0 bridgehead atoms. The van der Waals surface area contributed by atoms with Gasteiger partial charge in [0.05, 0.1) is 16.3 Å². The first-order valence-corrected chi connectivity index (χ1v) is 8.91. The lowest BCUT2D eigenvalue weighted by atomic mass is 9.80. The smallest absolute Gasteiger partial charge is 0.240 e. The van der Waals surface area contributed by atoms with E-state index in [1.54, 1.807) is 12.1 Å². The lowest BCUT2D eigenvalue weighted by molar-refractivity contribution is 0.276. The summed E-state index contributed by atoms with van der Waals surface area (Å²) >= 11 is 0. The van der Waals surface area contributed by atoms with Crippen LogP contribution >= 0.6 is 0 Å². The van der Waals surface area contributed by atoms with E-state index in [2.05, 4.69) is 23.9 Å². The Balaban J connectivity index is 2.15. The highest BCUT2D eigenvalue weighted by Gasteiger charge is 2.25. The van der Waals surface area contributed by atoms with E-state index in [1.807, 2.05) is 0 Å². The number of nitrogens with one attached hydrogen (secondary N) is 2. The predicted molar refractivity (Wildman–Crippen MR) is 86.7 cm³/mol. The van der Waals surface area contributed by atoms with E-state index in [-0.39, 0.29) is 4.90 Å². The van der Waals surface area contributed by atoms with Gasteiger partial charge >= 0.3 is 0 Å². The molecule has 4 N–H and O–H groups in total. The fourth-order valence-corrected chi connectivity index (χ4v) is 3.80. The lowest BCUT2D eigenvalue weighted by Gasteiger charge is -2.34. The molecule has 0 amide bonds. The SMILES string of the molecule is CNS(=O)(=O)c1ccc(NC2CCC(C)CC2C)c(N)c1. The summed E-state index contributed by atoms with van der Waals surface area (Å²) in [5.74, 6) is 1.37. The van der Waals surface area contributed by atoms with Crippen molar-refractivity contribution in [2.45, 2.75) is 44.0 Å². The minimum absolute atomic E-state index is 0.193. The van der Waals surface area contributed by atoms with E-state index in [0.717, 1.165) is 18.0 Å². The molecule has 0 spiro atoms. The molecule has 0 saturated heterocycles. The van der Waals surface area contributed by atoms with Gasteiger partial charge in [-0.3, -0.25) is 0 Å². The van der Waals surface area contributed by atoms with E-state index in [0.29, 0.717) is 17.6 Å². The van der Waals surface area contributed by atoms with Crippen molar-refractivity contribution in [1.82, 2.24) is 4.72 Å². The molecule has 21 heavy (non-hydrogen) atoms. The zero-order valence-corrected chi connectivity index (χ0v) is 13.7. The molecule has 1 aromatic rings. The van der Waals surface area contributed by atoms with Crippen molar-refractivity contribution in [1.29, 1.82) is 0 Å². The lowest BCUT2D eigenvalue weighted by Crippen LogP contribution is -2.33. The molecule has 1 aliphatic carbocycles. The largest absolute Gasteiger partial charge is 0.397 e. The van der Waals surface area contributed by atoms with Gasteiger partial charge in [0.2, 0.25) is 10.0 Å². The number of hydrogen-bond donors (Lipinski definition) is 3. The molecule has 1 aliphatic rings. The molecule has 2 rings (SSSR count). The van der Waals surface area contributed by atoms with Gasteiger partial charge in [-0.15, -0.1) is 0 Å². The van der Waals surface area contributed by atoms with E-state index in [4.69, 9.17) is 5.73 Å². The first-order chi connectivity index (χ1) is 9.83. The molecule has 1 saturated carbocycles. The third-order valence-corrected chi connectivity index (χ3v) is 5.79. The quantitative estimate of drug-likeness (QED) is 0.746. The van der Waals surface area contributed by atoms with E-state index >= 15 is 0 Å². The van der Waals surface area contributed by atoms with E-state index < -0.39 is 10.0 Å². The van der Waals surface area contributed by atoms with Gasteiger partial charge in [0.25, 0.3) is 0 Å². The fourth-order valence-electron chi connectivity index (χ4n) is 3.04. The van der Waals surface area contributed by atoms with Gasteiger partial charge in [-0.1, -0.05) is 13.8 Å². The van der Waals surface area contributed by atoms with Crippen molar-refractivity contribution in [3.8, 4) is 0 Å². The number of anilines is 2. The highest BCUT2D eigenvalue weighted by molar-refractivity contribution is 7.89. The van der Waals surface area contributed by atoms with Crippen molar-refractivity contribution in [2.75, 3.05) is 18.1 Å². The zero-order chi connectivity index (χ0) is 15.6. The average Bonchev–Trinajstić information content (AvgIpc) is 2.43. The Bertz CT molecular complexity index is 601. The van der Waals surface area contributed by atoms with Crippen LogP contribution in [0.2, 0.25) is 0 Å². The maximum absolute atomic E-state index is 11.8. The van der Waals surface area contributed by atoms with Gasteiger partial charge in [-0.2, -0.15) is 0 Å². The van der Waals surface area contributed by atoms with Crippen molar-refractivity contribution >= 4 is 21.4 Å². The Hall–Kier alpha value is -1.27. The molecule has 0 radical (unpaired) electrons. The third kappa shape index (κ3) is 3.68. The zero-order valence-electron chi connectivity index (χ0n) is 12.9. The van der Waals surface area contributed by atoms with Crippen LogP contribution in [-0.4, -0.2) is 21.5 Å². The third-order valence-electron chi connectivity index (χ3n) is 4.37. The van der Waals surface area contributed by atoms with Gasteiger partial charge in [-0.25, -0.2) is 13.1 Å². The second-order valence-electron chi connectivity index (χ2n) is 6.10. The average molecular weight is 311 g/mol. The summed E-state index contributed by atoms with van der Waals surface area (Å²) in [6.45, 7) is 4.54. The molecule has 3 unspecified atom stereocenters. The van der Waals surface area contributed by atoms with Crippen molar-refractivity contribution in [3.63, 3.8) is 0 Å². The summed E-state index contributed by atoms with van der Waals surface area (Å²) in [5, 5.41) is 3.48. The summed E-state index contributed by atoms with van der Waals surface area (Å²) in [4.78, 5) is 0.193. The van der Waals surface area contributed by atoms with Crippen LogP contribution in [0.4, 0.5) is 11.4 Å². The Morgan fingerprint density at radius 3 is 2.52 bits per heavy atom. The van der Waals surface area contributed by atoms with Crippen LogP contribution in [0.5, 0.6) is 0 Å². The maximum atomic E-state index is 11.8. The summed E-state index contributed by atoms with van der Waals surface area (Å²) < 4.78 is 25.8. The number of sulfonamides is 1. The summed E-state index contributed by atoms with van der Waals surface area (Å²) in [6.07, 6.45) is 3.55. The van der Waals surface area contributed by atoms with Crippen molar-refractivity contribution in [2.24, 2.45) is 11.8 Å². The molecule has 1 aromatic carbocycles. The molecule has 5 nitrogen and oxygen atoms in total. The first-order valence-electron chi connectivity index (χ1n) is 7.43. The van der Waals surface area contributed by atoms with Gasteiger partial charge in [-0.05, 0) is 56.3 Å². The number of nitrogens with two attached hydrogens (primary N) is 1. The van der Waals surface area contributed by atoms with Crippen LogP contribution < -0.4 is 15.8 Å². The summed E-state index contributed by atoms with van der Waals surface area (Å²) in [5.41, 5.74) is 7.29. The monoisotopic (exact) mass is 311 g/mol. The highest BCUT2D eigenvalue weighted by atomic mass is 32.2. The Labute approximate surface area is 127 Å².